The Morgan fingerprint density at radius 3 is 2.00 bits per heavy atom. The first-order chi connectivity index (χ1) is 16.1. The molecule has 8 heteroatoms. The van der Waals surface area contributed by atoms with Crippen molar-refractivity contribution >= 4 is 24.0 Å². The average molecular weight is 495 g/mol. The third-order valence-electron chi connectivity index (χ3n) is 5.46. The van der Waals surface area contributed by atoms with E-state index in [4.69, 9.17) is 18.9 Å². The standard InChI is InChI=1S/C26H38N2O5.ClH/c1-6-9-18-32-21-10-12-22(13-11-21)33-20-26(29)28(17-16-27(7-2)8-3)24-19-23(30-4)14-15-25(24)31-5;/h10-15,19H,6-9,16-18,20H2,1-5H3;1H. The zero-order chi connectivity index (χ0) is 24.1. The highest BCUT2D eigenvalue weighted by molar-refractivity contribution is 5.96. The summed E-state index contributed by atoms with van der Waals surface area (Å²) in [7, 11) is 3.20. The number of hydrogen-bond donors (Lipinski definition) is 0. The average Bonchev–Trinajstić information content (AvgIpc) is 2.86. The van der Waals surface area contributed by atoms with Crippen LogP contribution in [0.1, 0.15) is 33.6 Å². The van der Waals surface area contributed by atoms with Gasteiger partial charge in [-0.25, -0.2) is 0 Å². The lowest BCUT2D eigenvalue weighted by Crippen LogP contribution is -2.41. The first-order valence-electron chi connectivity index (χ1n) is 11.7. The molecule has 0 heterocycles. The van der Waals surface area contributed by atoms with Crippen LogP contribution in [0.3, 0.4) is 0 Å². The van der Waals surface area contributed by atoms with Crippen molar-refractivity contribution in [3.05, 3.63) is 42.5 Å². The van der Waals surface area contributed by atoms with Crippen LogP contribution in [0.25, 0.3) is 0 Å². The topological polar surface area (TPSA) is 60.5 Å². The van der Waals surface area contributed by atoms with Crippen LogP contribution < -0.4 is 23.8 Å². The number of likely N-dealkylation sites (N-methyl/N-ethyl adjacent to an activating group) is 1. The van der Waals surface area contributed by atoms with E-state index in [0.29, 0.717) is 36.1 Å². The summed E-state index contributed by atoms with van der Waals surface area (Å²) in [5.74, 6) is 2.52. The SMILES string of the molecule is CCCCOc1ccc(OCC(=O)N(CCN(CC)CC)c2cc(OC)ccc2OC)cc1.Cl. The van der Waals surface area contributed by atoms with Gasteiger partial charge in [-0.2, -0.15) is 0 Å². The largest absolute Gasteiger partial charge is 0.497 e. The summed E-state index contributed by atoms with van der Waals surface area (Å²) < 4.78 is 22.4. The van der Waals surface area contributed by atoms with Gasteiger partial charge < -0.3 is 28.7 Å². The van der Waals surface area contributed by atoms with Gasteiger partial charge in [-0.3, -0.25) is 4.79 Å². The van der Waals surface area contributed by atoms with E-state index < -0.39 is 0 Å². The fraction of sp³-hybridized carbons (Fsp3) is 0.500. The van der Waals surface area contributed by atoms with Crippen LogP contribution in [0.5, 0.6) is 23.0 Å². The van der Waals surface area contributed by atoms with Gasteiger partial charge in [0.15, 0.2) is 6.61 Å². The molecule has 0 unspecified atom stereocenters. The maximum absolute atomic E-state index is 13.3. The highest BCUT2D eigenvalue weighted by Crippen LogP contribution is 2.32. The highest BCUT2D eigenvalue weighted by atomic mass is 35.5. The fourth-order valence-electron chi connectivity index (χ4n) is 3.36. The number of amides is 1. The molecule has 1 amide bonds. The molecule has 0 fully saturated rings. The minimum absolute atomic E-state index is 0. The maximum Gasteiger partial charge on any atom is 0.265 e. The fourth-order valence-corrected chi connectivity index (χ4v) is 3.36. The number of carbonyl (C=O) groups is 1. The zero-order valence-electron chi connectivity index (χ0n) is 21.0. The van der Waals surface area contributed by atoms with Crippen molar-refractivity contribution < 1.29 is 23.7 Å². The maximum atomic E-state index is 13.3. The van der Waals surface area contributed by atoms with Crippen molar-refractivity contribution in [1.82, 2.24) is 4.90 Å². The molecule has 0 bridgehead atoms. The second-order valence-corrected chi connectivity index (χ2v) is 7.57. The van der Waals surface area contributed by atoms with Crippen molar-refractivity contribution in [2.75, 3.05) is 58.5 Å². The molecule has 0 aromatic heterocycles. The number of halogens is 1. The molecule has 0 aliphatic heterocycles. The van der Waals surface area contributed by atoms with Gasteiger partial charge >= 0.3 is 0 Å². The van der Waals surface area contributed by atoms with Gasteiger partial charge in [0.2, 0.25) is 0 Å². The summed E-state index contributed by atoms with van der Waals surface area (Å²) >= 11 is 0. The van der Waals surface area contributed by atoms with Crippen molar-refractivity contribution in [2.45, 2.75) is 33.6 Å². The molecule has 2 aromatic carbocycles. The van der Waals surface area contributed by atoms with Crippen LogP contribution in [0.4, 0.5) is 5.69 Å². The molecule has 0 aliphatic rings. The van der Waals surface area contributed by atoms with Crippen LogP contribution in [-0.2, 0) is 4.79 Å². The Morgan fingerprint density at radius 1 is 0.824 bits per heavy atom. The molecular formula is C26H39ClN2O5. The molecule has 0 radical (unpaired) electrons. The normalized spacial score (nSPS) is 10.4. The molecule has 2 aromatic rings. The molecule has 0 N–H and O–H groups in total. The van der Waals surface area contributed by atoms with E-state index in [0.717, 1.165) is 38.2 Å². The minimum atomic E-state index is -0.156. The molecule has 0 saturated carbocycles. The van der Waals surface area contributed by atoms with E-state index in [2.05, 4.69) is 25.7 Å². The molecule has 34 heavy (non-hydrogen) atoms. The van der Waals surface area contributed by atoms with Crippen LogP contribution in [0.15, 0.2) is 42.5 Å². The van der Waals surface area contributed by atoms with Crippen molar-refractivity contribution in [3.8, 4) is 23.0 Å². The molecule has 0 atom stereocenters. The Balaban J connectivity index is 0.00000578. The van der Waals surface area contributed by atoms with Gasteiger partial charge in [-0.05, 0) is 55.9 Å². The Hall–Kier alpha value is -2.64. The number of unbranched alkanes of at least 4 members (excludes halogenated alkanes) is 1. The van der Waals surface area contributed by atoms with Gasteiger partial charge in [0.05, 0.1) is 26.5 Å². The summed E-state index contributed by atoms with van der Waals surface area (Å²) in [6, 6.07) is 12.8. The molecule has 0 spiro atoms. The number of hydrogen-bond acceptors (Lipinski definition) is 6. The lowest BCUT2D eigenvalue weighted by molar-refractivity contribution is -0.120. The molecular weight excluding hydrogens is 456 g/mol. The number of methoxy groups -OCH3 is 2. The third-order valence-corrected chi connectivity index (χ3v) is 5.46. The Labute approximate surface area is 210 Å². The zero-order valence-corrected chi connectivity index (χ0v) is 21.9. The van der Waals surface area contributed by atoms with E-state index in [9.17, 15) is 4.79 Å². The van der Waals surface area contributed by atoms with Crippen molar-refractivity contribution in [3.63, 3.8) is 0 Å². The number of nitrogens with zero attached hydrogens (tertiary/aromatic N) is 2. The van der Waals surface area contributed by atoms with E-state index in [1.807, 2.05) is 42.5 Å². The highest BCUT2D eigenvalue weighted by Gasteiger charge is 2.21. The van der Waals surface area contributed by atoms with Crippen molar-refractivity contribution in [2.24, 2.45) is 0 Å². The summed E-state index contributed by atoms with van der Waals surface area (Å²) in [5, 5.41) is 0. The van der Waals surface area contributed by atoms with Gasteiger partial charge in [0.25, 0.3) is 5.91 Å². The first-order valence-corrected chi connectivity index (χ1v) is 11.7. The van der Waals surface area contributed by atoms with E-state index >= 15 is 0 Å². The van der Waals surface area contributed by atoms with Crippen LogP contribution in [-0.4, -0.2) is 64.4 Å². The predicted molar refractivity (Wildman–Crippen MR) is 139 cm³/mol. The minimum Gasteiger partial charge on any atom is -0.497 e. The Kier molecular flexibility index (Phi) is 13.9. The summed E-state index contributed by atoms with van der Waals surface area (Å²) in [5.41, 5.74) is 0.664. The Bertz CT molecular complexity index is 844. The molecule has 7 nitrogen and oxygen atoms in total. The third kappa shape index (κ3) is 8.95. The summed E-state index contributed by atoms with van der Waals surface area (Å²) in [4.78, 5) is 17.3. The quantitative estimate of drug-likeness (QED) is 0.322. The summed E-state index contributed by atoms with van der Waals surface area (Å²) in [6.07, 6.45) is 2.11. The van der Waals surface area contributed by atoms with Crippen molar-refractivity contribution in [1.29, 1.82) is 0 Å². The number of carbonyl (C=O) groups excluding carboxylic acids is 1. The monoisotopic (exact) mass is 494 g/mol. The van der Waals surface area contributed by atoms with Gasteiger partial charge in [-0.15, -0.1) is 12.4 Å². The van der Waals surface area contributed by atoms with Gasteiger partial charge in [-0.1, -0.05) is 27.2 Å². The summed E-state index contributed by atoms with van der Waals surface area (Å²) in [6.45, 7) is 10.0. The van der Waals surface area contributed by atoms with Gasteiger partial charge in [0.1, 0.15) is 23.0 Å². The molecule has 190 valence electrons. The lowest BCUT2D eigenvalue weighted by atomic mass is 10.2. The van der Waals surface area contributed by atoms with Crippen LogP contribution in [0.2, 0.25) is 0 Å². The first kappa shape index (κ1) is 29.4. The van der Waals surface area contributed by atoms with E-state index in [-0.39, 0.29) is 24.9 Å². The lowest BCUT2D eigenvalue weighted by Gasteiger charge is -2.28. The molecule has 0 saturated heterocycles. The molecule has 0 aliphatic carbocycles. The number of benzene rings is 2. The van der Waals surface area contributed by atoms with E-state index in [1.165, 1.54) is 0 Å². The second-order valence-electron chi connectivity index (χ2n) is 7.57. The van der Waals surface area contributed by atoms with Gasteiger partial charge in [0, 0.05) is 19.2 Å². The van der Waals surface area contributed by atoms with Crippen LogP contribution in [0, 0.1) is 0 Å². The Morgan fingerprint density at radius 2 is 1.44 bits per heavy atom. The van der Waals surface area contributed by atoms with Crippen LogP contribution >= 0.6 is 12.4 Å². The number of ether oxygens (including phenoxy) is 4. The predicted octanol–water partition coefficient (Wildman–Crippen LogP) is 5.06. The number of anilines is 1. The number of rotatable bonds is 15. The van der Waals surface area contributed by atoms with E-state index in [1.54, 1.807) is 19.1 Å². The smallest absolute Gasteiger partial charge is 0.265 e. The molecule has 2 rings (SSSR count). The second kappa shape index (κ2) is 16.1.